The van der Waals surface area contributed by atoms with Crippen LogP contribution in [-0.4, -0.2) is 54.7 Å². The molecule has 1 aromatic rings. The molecule has 5 nitrogen and oxygen atoms in total. The highest BCUT2D eigenvalue weighted by molar-refractivity contribution is 6.30. The van der Waals surface area contributed by atoms with Gasteiger partial charge in [0.25, 0.3) is 0 Å². The number of anilines is 1. The molecule has 0 aliphatic rings. The van der Waals surface area contributed by atoms with Crippen LogP contribution in [0.2, 0.25) is 5.02 Å². The summed E-state index contributed by atoms with van der Waals surface area (Å²) in [4.78, 5) is 18.9. The third kappa shape index (κ3) is 5.33. The average Bonchev–Trinajstić information content (AvgIpc) is 2.30. The summed E-state index contributed by atoms with van der Waals surface area (Å²) in [6.45, 7) is 2.01. The monoisotopic (exact) mass is 271 g/mol. The van der Waals surface area contributed by atoms with Gasteiger partial charge >= 0.3 is 5.97 Å². The molecule has 0 amide bonds. The summed E-state index contributed by atoms with van der Waals surface area (Å²) in [5.74, 6) is -0.0543. The Hall–Kier alpha value is -1.33. The van der Waals surface area contributed by atoms with E-state index in [4.69, 9.17) is 16.7 Å². The number of nitrogens with zero attached hydrogens (tertiary/aromatic N) is 3. The number of pyridine rings is 1. The molecule has 0 aliphatic carbocycles. The minimum atomic E-state index is -0.807. The van der Waals surface area contributed by atoms with E-state index in [1.54, 1.807) is 18.3 Å². The summed E-state index contributed by atoms with van der Waals surface area (Å²) < 4.78 is 0. The first-order valence-electron chi connectivity index (χ1n) is 5.72. The van der Waals surface area contributed by atoms with Crippen LogP contribution in [0.4, 0.5) is 5.82 Å². The zero-order valence-corrected chi connectivity index (χ0v) is 11.4. The summed E-state index contributed by atoms with van der Waals surface area (Å²) in [6, 6.07) is 3.56. The lowest BCUT2D eigenvalue weighted by Gasteiger charge is -2.24. The summed E-state index contributed by atoms with van der Waals surface area (Å²) in [5.41, 5.74) is 0. The third-order valence-corrected chi connectivity index (χ3v) is 2.67. The number of carboxylic acids is 1. The molecule has 18 heavy (non-hydrogen) atoms. The van der Waals surface area contributed by atoms with E-state index < -0.39 is 5.97 Å². The Morgan fingerprint density at radius 1 is 1.33 bits per heavy atom. The van der Waals surface area contributed by atoms with Crippen molar-refractivity contribution in [2.75, 3.05) is 38.6 Å². The molecule has 1 heterocycles. The van der Waals surface area contributed by atoms with Gasteiger partial charge in [0, 0.05) is 25.8 Å². The normalized spacial score (nSPS) is 10.7. The molecule has 0 unspecified atom stereocenters. The van der Waals surface area contributed by atoms with Gasteiger partial charge in [0.05, 0.1) is 11.4 Å². The molecular formula is C12H18ClN3O2. The van der Waals surface area contributed by atoms with E-state index in [2.05, 4.69) is 4.98 Å². The second kappa shape index (κ2) is 7.18. The molecule has 0 radical (unpaired) electrons. The number of likely N-dealkylation sites (N-methyl/N-ethyl adjacent to an activating group) is 1. The molecule has 1 aromatic heterocycles. The van der Waals surface area contributed by atoms with Gasteiger partial charge < -0.3 is 14.9 Å². The Morgan fingerprint density at radius 3 is 2.56 bits per heavy atom. The Balaban J connectivity index is 2.68. The predicted molar refractivity (Wildman–Crippen MR) is 72.3 cm³/mol. The molecule has 0 saturated heterocycles. The van der Waals surface area contributed by atoms with E-state index in [1.807, 2.05) is 23.9 Å². The number of carboxylic acid groups (broad SMARTS) is 1. The second-order valence-corrected chi connectivity index (χ2v) is 4.71. The summed E-state index contributed by atoms with van der Waals surface area (Å²) in [7, 11) is 3.95. The zero-order chi connectivity index (χ0) is 13.5. The van der Waals surface area contributed by atoms with Gasteiger partial charge in [-0.2, -0.15) is 0 Å². The summed E-state index contributed by atoms with van der Waals surface area (Å²) >= 11 is 5.79. The Kier molecular flexibility index (Phi) is 5.88. The maximum absolute atomic E-state index is 10.6. The fourth-order valence-corrected chi connectivity index (χ4v) is 1.56. The smallest absolute Gasteiger partial charge is 0.305 e. The van der Waals surface area contributed by atoms with Crippen LogP contribution in [0.3, 0.4) is 0 Å². The third-order valence-electron chi connectivity index (χ3n) is 2.45. The molecule has 0 saturated carbocycles. The lowest BCUT2D eigenvalue weighted by Crippen LogP contribution is -2.33. The average molecular weight is 272 g/mol. The van der Waals surface area contributed by atoms with Gasteiger partial charge in [0.15, 0.2) is 0 Å². The van der Waals surface area contributed by atoms with E-state index in [9.17, 15) is 4.79 Å². The predicted octanol–water partition coefficient (Wildman–Crippen LogP) is 1.58. The first-order valence-corrected chi connectivity index (χ1v) is 6.10. The molecule has 0 atom stereocenters. The van der Waals surface area contributed by atoms with Crippen molar-refractivity contribution < 1.29 is 9.90 Å². The van der Waals surface area contributed by atoms with Crippen molar-refractivity contribution in [3.63, 3.8) is 0 Å². The lowest BCUT2D eigenvalue weighted by atomic mass is 10.3. The quantitative estimate of drug-likeness (QED) is 0.816. The van der Waals surface area contributed by atoms with Crippen LogP contribution in [-0.2, 0) is 4.79 Å². The minimum Gasteiger partial charge on any atom is -0.481 e. The Morgan fingerprint density at radius 2 is 2.06 bits per heavy atom. The van der Waals surface area contributed by atoms with Crippen LogP contribution in [0.15, 0.2) is 18.3 Å². The van der Waals surface area contributed by atoms with Gasteiger partial charge in [-0.1, -0.05) is 11.6 Å². The van der Waals surface area contributed by atoms with Crippen LogP contribution in [0.1, 0.15) is 6.42 Å². The fraction of sp³-hybridized carbons (Fsp3) is 0.500. The van der Waals surface area contributed by atoms with Crippen molar-refractivity contribution in [1.29, 1.82) is 0 Å². The van der Waals surface area contributed by atoms with Crippen molar-refractivity contribution in [2.45, 2.75) is 6.42 Å². The maximum atomic E-state index is 10.6. The second-order valence-electron chi connectivity index (χ2n) is 4.27. The fourth-order valence-electron chi connectivity index (χ4n) is 1.45. The molecule has 0 aliphatic heterocycles. The highest BCUT2D eigenvalue weighted by Crippen LogP contribution is 2.14. The Labute approximate surface area is 112 Å². The topological polar surface area (TPSA) is 56.7 Å². The molecule has 100 valence electrons. The van der Waals surface area contributed by atoms with Gasteiger partial charge in [-0.3, -0.25) is 4.79 Å². The van der Waals surface area contributed by atoms with Crippen molar-refractivity contribution in [3.8, 4) is 0 Å². The van der Waals surface area contributed by atoms with Crippen LogP contribution in [0.25, 0.3) is 0 Å². The number of rotatable bonds is 7. The standard InChI is InChI=1S/C12H18ClN3O2/c1-15(2)7-8-16(6-5-12(17)18)11-4-3-10(13)9-14-11/h3-4,9H,5-8H2,1-2H3,(H,17,18). The molecule has 0 fully saturated rings. The first-order chi connectivity index (χ1) is 8.49. The number of carbonyl (C=O) groups is 1. The van der Waals surface area contributed by atoms with E-state index in [-0.39, 0.29) is 6.42 Å². The minimum absolute atomic E-state index is 0.0950. The summed E-state index contributed by atoms with van der Waals surface area (Å²) in [5, 5.41) is 9.33. The first kappa shape index (κ1) is 14.7. The molecule has 0 bridgehead atoms. The maximum Gasteiger partial charge on any atom is 0.305 e. The van der Waals surface area contributed by atoms with Crippen LogP contribution in [0.5, 0.6) is 0 Å². The van der Waals surface area contributed by atoms with E-state index in [0.29, 0.717) is 11.6 Å². The summed E-state index contributed by atoms with van der Waals surface area (Å²) in [6.07, 6.45) is 1.66. The van der Waals surface area contributed by atoms with Crippen LogP contribution in [0, 0.1) is 0 Å². The van der Waals surface area contributed by atoms with E-state index in [1.165, 1.54) is 0 Å². The number of aromatic nitrogens is 1. The molecule has 1 rings (SSSR count). The van der Waals surface area contributed by atoms with Gasteiger partial charge in [-0.25, -0.2) is 4.98 Å². The zero-order valence-electron chi connectivity index (χ0n) is 10.6. The van der Waals surface area contributed by atoms with Crippen molar-refractivity contribution >= 4 is 23.4 Å². The lowest BCUT2D eigenvalue weighted by molar-refractivity contribution is -0.136. The SMILES string of the molecule is CN(C)CCN(CCC(=O)O)c1ccc(Cl)cn1. The Bertz CT molecular complexity index is 381. The number of halogens is 1. The molecule has 6 heteroatoms. The van der Waals surface area contributed by atoms with E-state index in [0.717, 1.165) is 18.9 Å². The van der Waals surface area contributed by atoms with Crippen LogP contribution >= 0.6 is 11.6 Å². The molecule has 0 aromatic carbocycles. The molecule has 1 N–H and O–H groups in total. The highest BCUT2D eigenvalue weighted by Gasteiger charge is 2.10. The van der Waals surface area contributed by atoms with Gasteiger partial charge in [0.2, 0.25) is 0 Å². The van der Waals surface area contributed by atoms with E-state index >= 15 is 0 Å². The number of hydrogen-bond acceptors (Lipinski definition) is 4. The van der Waals surface area contributed by atoms with Gasteiger partial charge in [0.1, 0.15) is 5.82 Å². The van der Waals surface area contributed by atoms with Gasteiger partial charge in [-0.05, 0) is 26.2 Å². The number of aliphatic carboxylic acids is 1. The highest BCUT2D eigenvalue weighted by atomic mass is 35.5. The number of hydrogen-bond donors (Lipinski definition) is 1. The van der Waals surface area contributed by atoms with Crippen molar-refractivity contribution in [2.24, 2.45) is 0 Å². The van der Waals surface area contributed by atoms with Crippen molar-refractivity contribution in [1.82, 2.24) is 9.88 Å². The molecular weight excluding hydrogens is 254 g/mol. The largest absolute Gasteiger partial charge is 0.481 e. The van der Waals surface area contributed by atoms with Gasteiger partial charge in [-0.15, -0.1) is 0 Å². The van der Waals surface area contributed by atoms with Crippen LogP contribution < -0.4 is 4.90 Å². The van der Waals surface area contributed by atoms with Crippen molar-refractivity contribution in [3.05, 3.63) is 23.4 Å². The molecule has 0 spiro atoms.